The van der Waals surface area contributed by atoms with Gasteiger partial charge in [0.1, 0.15) is 12.2 Å². The van der Waals surface area contributed by atoms with Crippen LogP contribution in [0.25, 0.3) is 0 Å². The lowest BCUT2D eigenvalue weighted by Crippen LogP contribution is -2.08. The molecule has 9 heteroatoms. The molecule has 0 atom stereocenters. The predicted octanol–water partition coefficient (Wildman–Crippen LogP) is 3.93. The van der Waals surface area contributed by atoms with Crippen LogP contribution in [0, 0.1) is 27.2 Å². The molecular formula is C15H11BrN2O6. The molecule has 0 unspecified atom stereocenters. The highest BCUT2D eigenvalue weighted by atomic mass is 79.9. The minimum absolute atomic E-state index is 0.0618. The molecule has 0 fully saturated rings. The van der Waals surface area contributed by atoms with Gasteiger partial charge >= 0.3 is 5.97 Å². The van der Waals surface area contributed by atoms with E-state index in [9.17, 15) is 25.0 Å². The molecule has 0 radical (unpaired) electrons. The van der Waals surface area contributed by atoms with Gasteiger partial charge in [-0.2, -0.15) is 0 Å². The normalized spacial score (nSPS) is 10.2. The monoisotopic (exact) mass is 394 g/mol. The summed E-state index contributed by atoms with van der Waals surface area (Å²) in [7, 11) is 0. The second kappa shape index (κ2) is 7.18. The lowest BCUT2D eigenvalue weighted by Gasteiger charge is -2.07. The number of hydrogen-bond donors (Lipinski definition) is 0. The summed E-state index contributed by atoms with van der Waals surface area (Å²) < 4.78 is 5.88. The Morgan fingerprint density at radius 1 is 1.12 bits per heavy atom. The standard InChI is InChI=1S/C15H11BrN2O6/c1-9-13(17(20)21)6-11(7-14(9)18(22)23)15(19)24-8-10-3-2-4-12(16)5-10/h2-7H,8H2,1H3. The minimum Gasteiger partial charge on any atom is -0.457 e. The summed E-state index contributed by atoms with van der Waals surface area (Å²) in [5.74, 6) is -0.874. The number of rotatable bonds is 5. The van der Waals surface area contributed by atoms with E-state index in [1.807, 2.05) is 0 Å². The van der Waals surface area contributed by atoms with Crippen molar-refractivity contribution in [2.75, 3.05) is 0 Å². The first-order chi connectivity index (χ1) is 11.3. The Bertz CT molecular complexity index is 801. The van der Waals surface area contributed by atoms with Crippen molar-refractivity contribution >= 4 is 33.3 Å². The molecular weight excluding hydrogens is 384 g/mol. The summed E-state index contributed by atoms with van der Waals surface area (Å²) in [6.07, 6.45) is 0. The lowest BCUT2D eigenvalue weighted by molar-refractivity contribution is -0.395. The van der Waals surface area contributed by atoms with Crippen molar-refractivity contribution in [1.82, 2.24) is 0 Å². The third kappa shape index (κ3) is 3.93. The molecule has 124 valence electrons. The van der Waals surface area contributed by atoms with Crippen LogP contribution in [-0.4, -0.2) is 15.8 Å². The van der Waals surface area contributed by atoms with E-state index in [4.69, 9.17) is 4.74 Å². The van der Waals surface area contributed by atoms with E-state index in [1.165, 1.54) is 6.92 Å². The smallest absolute Gasteiger partial charge is 0.338 e. The summed E-state index contributed by atoms with van der Waals surface area (Å²) in [6, 6.07) is 9.00. The molecule has 0 saturated heterocycles. The first kappa shape index (κ1) is 17.5. The zero-order valence-electron chi connectivity index (χ0n) is 12.4. The largest absolute Gasteiger partial charge is 0.457 e. The topological polar surface area (TPSA) is 113 Å². The molecule has 0 N–H and O–H groups in total. The number of nitrogens with zero attached hydrogens (tertiary/aromatic N) is 2. The molecule has 0 heterocycles. The van der Waals surface area contributed by atoms with Gasteiger partial charge in [-0.1, -0.05) is 28.1 Å². The van der Waals surface area contributed by atoms with E-state index in [-0.39, 0.29) is 17.7 Å². The van der Waals surface area contributed by atoms with Gasteiger partial charge in [-0.25, -0.2) is 4.79 Å². The van der Waals surface area contributed by atoms with Crippen LogP contribution in [0.3, 0.4) is 0 Å². The SMILES string of the molecule is Cc1c([N+](=O)[O-])cc(C(=O)OCc2cccc(Br)c2)cc1[N+](=O)[O-]. The average molecular weight is 395 g/mol. The first-order valence-corrected chi connectivity index (χ1v) is 7.44. The highest BCUT2D eigenvalue weighted by Crippen LogP contribution is 2.29. The molecule has 0 bridgehead atoms. The molecule has 0 aliphatic carbocycles. The highest BCUT2D eigenvalue weighted by molar-refractivity contribution is 9.10. The maximum Gasteiger partial charge on any atom is 0.338 e. The second-order valence-corrected chi connectivity index (χ2v) is 5.78. The van der Waals surface area contributed by atoms with Gasteiger partial charge in [0.15, 0.2) is 0 Å². The second-order valence-electron chi connectivity index (χ2n) is 4.86. The number of hydrogen-bond acceptors (Lipinski definition) is 6. The van der Waals surface area contributed by atoms with E-state index in [2.05, 4.69) is 15.9 Å². The van der Waals surface area contributed by atoms with E-state index in [1.54, 1.807) is 24.3 Å². The number of carbonyl (C=O) groups is 1. The Balaban J connectivity index is 2.28. The lowest BCUT2D eigenvalue weighted by atomic mass is 10.1. The Labute approximate surface area is 144 Å². The summed E-state index contributed by atoms with van der Waals surface area (Å²) in [5.41, 5.74) is -0.659. The summed E-state index contributed by atoms with van der Waals surface area (Å²) in [6.45, 7) is 1.20. The number of ether oxygens (including phenoxy) is 1. The zero-order valence-corrected chi connectivity index (χ0v) is 14.0. The van der Waals surface area contributed by atoms with Crippen molar-refractivity contribution in [1.29, 1.82) is 0 Å². The molecule has 0 amide bonds. The number of nitro groups is 2. The minimum atomic E-state index is -0.874. The van der Waals surface area contributed by atoms with Crippen molar-refractivity contribution in [2.45, 2.75) is 13.5 Å². The van der Waals surface area contributed by atoms with Gasteiger partial charge in [0.2, 0.25) is 0 Å². The molecule has 0 saturated carbocycles. The summed E-state index contributed by atoms with van der Waals surface area (Å²) >= 11 is 3.28. The van der Waals surface area contributed by atoms with E-state index >= 15 is 0 Å². The molecule has 0 aromatic heterocycles. The summed E-state index contributed by atoms with van der Waals surface area (Å²) in [4.78, 5) is 32.6. The van der Waals surface area contributed by atoms with Crippen LogP contribution in [0.1, 0.15) is 21.5 Å². The van der Waals surface area contributed by atoms with Gasteiger partial charge in [0.05, 0.1) is 15.4 Å². The van der Waals surface area contributed by atoms with Gasteiger partial charge in [-0.3, -0.25) is 20.2 Å². The Kier molecular flexibility index (Phi) is 5.24. The van der Waals surface area contributed by atoms with Crippen LogP contribution in [-0.2, 0) is 11.3 Å². The fraction of sp³-hybridized carbons (Fsp3) is 0.133. The number of esters is 1. The average Bonchev–Trinajstić information content (AvgIpc) is 2.52. The number of benzene rings is 2. The van der Waals surface area contributed by atoms with Gasteiger partial charge in [-0.15, -0.1) is 0 Å². The van der Waals surface area contributed by atoms with Crippen molar-refractivity contribution in [2.24, 2.45) is 0 Å². The van der Waals surface area contributed by atoms with Crippen molar-refractivity contribution < 1.29 is 19.4 Å². The fourth-order valence-electron chi connectivity index (χ4n) is 2.04. The van der Waals surface area contributed by atoms with Crippen LogP contribution in [0.15, 0.2) is 40.9 Å². The number of nitro benzene ring substituents is 2. The van der Waals surface area contributed by atoms with Crippen molar-refractivity contribution in [3.63, 3.8) is 0 Å². The number of halogens is 1. The molecule has 2 aromatic carbocycles. The van der Waals surface area contributed by atoms with Gasteiger partial charge in [0.25, 0.3) is 11.4 Å². The van der Waals surface area contributed by atoms with Crippen LogP contribution >= 0.6 is 15.9 Å². The van der Waals surface area contributed by atoms with Crippen LogP contribution in [0.2, 0.25) is 0 Å². The zero-order chi connectivity index (χ0) is 17.9. The van der Waals surface area contributed by atoms with E-state index in [0.717, 1.165) is 16.6 Å². The quantitative estimate of drug-likeness (QED) is 0.431. The Morgan fingerprint density at radius 3 is 2.21 bits per heavy atom. The van der Waals surface area contributed by atoms with Gasteiger partial charge in [-0.05, 0) is 24.6 Å². The third-order valence-electron chi connectivity index (χ3n) is 3.24. The molecule has 0 aliphatic heterocycles. The van der Waals surface area contributed by atoms with Crippen LogP contribution < -0.4 is 0 Å². The van der Waals surface area contributed by atoms with Gasteiger partial charge < -0.3 is 4.74 Å². The fourth-order valence-corrected chi connectivity index (χ4v) is 2.49. The van der Waals surface area contributed by atoms with E-state index < -0.39 is 27.2 Å². The van der Waals surface area contributed by atoms with Gasteiger partial charge in [0, 0.05) is 16.6 Å². The molecule has 2 aromatic rings. The van der Waals surface area contributed by atoms with Crippen molar-refractivity contribution in [3.8, 4) is 0 Å². The highest BCUT2D eigenvalue weighted by Gasteiger charge is 2.25. The molecule has 8 nitrogen and oxygen atoms in total. The molecule has 2 rings (SSSR count). The van der Waals surface area contributed by atoms with Crippen molar-refractivity contribution in [3.05, 3.63) is 77.8 Å². The third-order valence-corrected chi connectivity index (χ3v) is 3.73. The predicted molar refractivity (Wildman–Crippen MR) is 87.7 cm³/mol. The molecule has 0 spiro atoms. The molecule has 24 heavy (non-hydrogen) atoms. The van der Waals surface area contributed by atoms with Crippen LogP contribution in [0.5, 0.6) is 0 Å². The maximum absolute atomic E-state index is 12.1. The van der Waals surface area contributed by atoms with E-state index in [0.29, 0.717) is 5.56 Å². The van der Waals surface area contributed by atoms with Crippen LogP contribution in [0.4, 0.5) is 11.4 Å². The maximum atomic E-state index is 12.1. The summed E-state index contributed by atoms with van der Waals surface area (Å²) in [5, 5.41) is 22.0. The Hall–Kier alpha value is -2.81. The number of carbonyl (C=O) groups excluding carboxylic acids is 1. The molecule has 0 aliphatic rings. The Morgan fingerprint density at radius 2 is 1.71 bits per heavy atom. The first-order valence-electron chi connectivity index (χ1n) is 6.64.